The summed E-state index contributed by atoms with van der Waals surface area (Å²) in [6.07, 6.45) is 2.10. The van der Waals surface area contributed by atoms with Crippen molar-refractivity contribution in [2.45, 2.75) is 11.4 Å². The van der Waals surface area contributed by atoms with Gasteiger partial charge in [-0.25, -0.2) is 4.98 Å². The summed E-state index contributed by atoms with van der Waals surface area (Å²) >= 11 is 1.47. The first kappa shape index (κ1) is 9.28. The van der Waals surface area contributed by atoms with Crippen LogP contribution >= 0.6 is 11.8 Å². The number of aromatic nitrogens is 2. The van der Waals surface area contributed by atoms with Crippen molar-refractivity contribution in [3.05, 3.63) is 22.7 Å². The highest BCUT2D eigenvalue weighted by Gasteiger charge is 1.94. The van der Waals surface area contributed by atoms with E-state index >= 15 is 0 Å². The molecular formula is C7H10N2O2S. The molecule has 0 radical (unpaired) electrons. The quantitative estimate of drug-likeness (QED) is 0.402. The van der Waals surface area contributed by atoms with Gasteiger partial charge in [0.05, 0.1) is 6.33 Å². The molecule has 66 valence electrons. The van der Waals surface area contributed by atoms with Gasteiger partial charge in [-0.15, -0.1) is 11.8 Å². The van der Waals surface area contributed by atoms with Gasteiger partial charge in [0.15, 0.2) is 0 Å². The fraction of sp³-hybridized carbons (Fsp3) is 0.429. The Hall–Kier alpha value is -0.810. The molecule has 1 aromatic rings. The summed E-state index contributed by atoms with van der Waals surface area (Å²) in [6.45, 7) is 0.177. The number of aromatic amines is 1. The number of thioether (sulfide) groups is 1. The van der Waals surface area contributed by atoms with Gasteiger partial charge in [-0.2, -0.15) is 0 Å². The number of nitrogens with one attached hydrogen (secondary N) is 1. The standard InChI is InChI=1S/C7H10N2O2S/c10-2-1-3-12-7-4-6(11)8-5-9-7/h4-5,10H,1-3H2,(H,8,9,11). The van der Waals surface area contributed by atoms with Crippen molar-refractivity contribution in [2.24, 2.45) is 0 Å². The molecule has 0 amide bonds. The molecule has 0 saturated carbocycles. The maximum atomic E-state index is 10.8. The zero-order valence-electron chi connectivity index (χ0n) is 6.49. The van der Waals surface area contributed by atoms with Gasteiger partial charge in [0.25, 0.3) is 5.56 Å². The van der Waals surface area contributed by atoms with Crippen molar-refractivity contribution in [2.75, 3.05) is 12.4 Å². The molecule has 5 heteroatoms. The molecule has 0 saturated heterocycles. The van der Waals surface area contributed by atoms with E-state index in [2.05, 4.69) is 9.97 Å². The van der Waals surface area contributed by atoms with Crippen LogP contribution in [0.25, 0.3) is 0 Å². The highest BCUT2D eigenvalue weighted by molar-refractivity contribution is 7.99. The van der Waals surface area contributed by atoms with E-state index in [0.29, 0.717) is 5.03 Å². The molecule has 1 aromatic heterocycles. The third-order valence-electron chi connectivity index (χ3n) is 1.21. The lowest BCUT2D eigenvalue weighted by molar-refractivity contribution is 0.296. The van der Waals surface area contributed by atoms with Crippen LogP contribution in [0.3, 0.4) is 0 Å². The Morgan fingerprint density at radius 2 is 2.50 bits per heavy atom. The summed E-state index contributed by atoms with van der Waals surface area (Å²) in [6, 6.07) is 1.45. The van der Waals surface area contributed by atoms with Gasteiger partial charge in [-0.1, -0.05) is 0 Å². The third-order valence-corrected chi connectivity index (χ3v) is 2.22. The first-order valence-electron chi connectivity index (χ1n) is 3.61. The van der Waals surface area contributed by atoms with Gasteiger partial charge in [0.2, 0.25) is 0 Å². The second-order valence-electron chi connectivity index (χ2n) is 2.17. The second kappa shape index (κ2) is 4.95. The minimum atomic E-state index is -0.142. The van der Waals surface area contributed by atoms with Crippen LogP contribution in [0.15, 0.2) is 22.2 Å². The summed E-state index contributed by atoms with van der Waals surface area (Å²) in [7, 11) is 0. The van der Waals surface area contributed by atoms with Crippen molar-refractivity contribution >= 4 is 11.8 Å². The maximum absolute atomic E-state index is 10.8. The highest BCUT2D eigenvalue weighted by atomic mass is 32.2. The van der Waals surface area contributed by atoms with Crippen LogP contribution in [0.4, 0.5) is 0 Å². The largest absolute Gasteiger partial charge is 0.396 e. The first-order chi connectivity index (χ1) is 5.83. The summed E-state index contributed by atoms with van der Waals surface area (Å²) in [4.78, 5) is 17.1. The molecule has 1 heterocycles. The van der Waals surface area contributed by atoms with E-state index in [1.807, 2.05) is 0 Å². The van der Waals surface area contributed by atoms with E-state index in [1.165, 1.54) is 24.2 Å². The normalized spacial score (nSPS) is 10.1. The molecule has 0 bridgehead atoms. The molecule has 1 rings (SSSR count). The number of rotatable bonds is 4. The summed E-state index contributed by atoms with van der Waals surface area (Å²) in [5, 5.41) is 9.20. The zero-order valence-corrected chi connectivity index (χ0v) is 7.30. The van der Waals surface area contributed by atoms with Crippen molar-refractivity contribution in [3.63, 3.8) is 0 Å². The van der Waals surface area contributed by atoms with Crippen LogP contribution in [0.2, 0.25) is 0 Å². The molecule has 0 spiro atoms. The van der Waals surface area contributed by atoms with E-state index in [0.717, 1.165) is 12.2 Å². The number of nitrogens with zero attached hydrogens (tertiary/aromatic N) is 1. The number of H-pyrrole nitrogens is 1. The second-order valence-corrected chi connectivity index (χ2v) is 3.29. The predicted molar refractivity (Wildman–Crippen MR) is 47.3 cm³/mol. The lowest BCUT2D eigenvalue weighted by Crippen LogP contribution is -2.04. The van der Waals surface area contributed by atoms with E-state index in [1.54, 1.807) is 0 Å². The number of hydrogen-bond donors (Lipinski definition) is 2. The average Bonchev–Trinajstić information content (AvgIpc) is 2.05. The van der Waals surface area contributed by atoms with E-state index in [4.69, 9.17) is 5.11 Å². The number of aliphatic hydroxyl groups excluding tert-OH is 1. The molecule has 4 nitrogen and oxygen atoms in total. The molecule has 0 fully saturated rings. The first-order valence-corrected chi connectivity index (χ1v) is 4.60. The van der Waals surface area contributed by atoms with Gasteiger partial charge in [0.1, 0.15) is 5.03 Å². The van der Waals surface area contributed by atoms with Gasteiger partial charge in [0, 0.05) is 18.4 Å². The lowest BCUT2D eigenvalue weighted by Gasteiger charge is -1.96. The number of aliphatic hydroxyl groups is 1. The number of hydrogen-bond acceptors (Lipinski definition) is 4. The molecule has 0 atom stereocenters. The summed E-state index contributed by atoms with van der Waals surface area (Å²) in [5.41, 5.74) is -0.142. The van der Waals surface area contributed by atoms with Crippen LogP contribution in [0.1, 0.15) is 6.42 Å². The molecule has 0 unspecified atom stereocenters. The minimum Gasteiger partial charge on any atom is -0.396 e. The molecule has 2 N–H and O–H groups in total. The highest BCUT2D eigenvalue weighted by Crippen LogP contribution is 2.12. The summed E-state index contributed by atoms with van der Waals surface area (Å²) in [5.74, 6) is 0.785. The topological polar surface area (TPSA) is 66.0 Å². The molecule has 0 aromatic carbocycles. The molecule has 12 heavy (non-hydrogen) atoms. The fourth-order valence-corrected chi connectivity index (χ4v) is 1.47. The van der Waals surface area contributed by atoms with Crippen LogP contribution in [0, 0.1) is 0 Å². The average molecular weight is 186 g/mol. The van der Waals surface area contributed by atoms with Crippen molar-refractivity contribution in [1.29, 1.82) is 0 Å². The fourth-order valence-electron chi connectivity index (χ4n) is 0.671. The van der Waals surface area contributed by atoms with Crippen LogP contribution in [-0.4, -0.2) is 27.4 Å². The molecule has 0 aliphatic heterocycles. The van der Waals surface area contributed by atoms with Gasteiger partial charge >= 0.3 is 0 Å². The Bertz CT molecular complexity index is 287. The Morgan fingerprint density at radius 3 is 3.17 bits per heavy atom. The van der Waals surface area contributed by atoms with Gasteiger partial charge < -0.3 is 10.1 Å². The summed E-state index contributed by atoms with van der Waals surface area (Å²) < 4.78 is 0. The molecule has 0 aliphatic carbocycles. The Morgan fingerprint density at radius 1 is 1.67 bits per heavy atom. The van der Waals surface area contributed by atoms with Crippen LogP contribution in [0.5, 0.6) is 0 Å². The van der Waals surface area contributed by atoms with E-state index in [-0.39, 0.29) is 12.2 Å². The molecule has 0 aliphatic rings. The monoisotopic (exact) mass is 186 g/mol. The Kier molecular flexibility index (Phi) is 3.83. The van der Waals surface area contributed by atoms with Crippen molar-refractivity contribution < 1.29 is 5.11 Å². The minimum absolute atomic E-state index is 0.142. The third kappa shape index (κ3) is 3.06. The molecular weight excluding hydrogens is 176 g/mol. The van der Waals surface area contributed by atoms with Gasteiger partial charge in [-0.3, -0.25) is 4.79 Å². The lowest BCUT2D eigenvalue weighted by atomic mass is 10.5. The van der Waals surface area contributed by atoms with Gasteiger partial charge in [-0.05, 0) is 6.42 Å². The zero-order chi connectivity index (χ0) is 8.81. The van der Waals surface area contributed by atoms with E-state index in [9.17, 15) is 4.79 Å². The van der Waals surface area contributed by atoms with Crippen LogP contribution < -0.4 is 5.56 Å². The van der Waals surface area contributed by atoms with Crippen molar-refractivity contribution in [1.82, 2.24) is 9.97 Å². The smallest absolute Gasteiger partial charge is 0.251 e. The SMILES string of the molecule is O=c1cc(SCCCO)nc[nH]1. The Balaban J connectivity index is 2.47. The predicted octanol–water partition coefficient (Wildman–Crippen LogP) is 0.244. The van der Waals surface area contributed by atoms with Crippen molar-refractivity contribution in [3.8, 4) is 0 Å². The Labute approximate surface area is 74.0 Å². The van der Waals surface area contributed by atoms with E-state index < -0.39 is 0 Å². The van der Waals surface area contributed by atoms with Crippen LogP contribution in [-0.2, 0) is 0 Å². The maximum Gasteiger partial charge on any atom is 0.251 e.